The normalized spacial score (nSPS) is 18.1. The van der Waals surface area contributed by atoms with Crippen molar-refractivity contribution in [2.24, 2.45) is 7.05 Å². The van der Waals surface area contributed by atoms with E-state index in [9.17, 15) is 8.78 Å². The minimum absolute atomic E-state index is 0.237. The van der Waals surface area contributed by atoms with Crippen LogP contribution in [0.5, 0.6) is 0 Å². The molecule has 106 valence electrons. The van der Waals surface area contributed by atoms with Crippen molar-refractivity contribution in [2.75, 3.05) is 0 Å². The molecule has 1 aromatic carbocycles. The van der Waals surface area contributed by atoms with Gasteiger partial charge in [-0.15, -0.1) is 0 Å². The highest BCUT2D eigenvalue weighted by Crippen LogP contribution is 2.29. The van der Waals surface area contributed by atoms with Gasteiger partial charge in [-0.05, 0) is 37.0 Å². The smallest absolute Gasteiger partial charge is 0.159 e. The van der Waals surface area contributed by atoms with Gasteiger partial charge in [-0.25, -0.2) is 8.78 Å². The first-order valence-electron chi connectivity index (χ1n) is 6.83. The molecule has 3 rings (SSSR count). The quantitative estimate of drug-likeness (QED) is 0.935. The van der Waals surface area contributed by atoms with Gasteiger partial charge in [0.2, 0.25) is 0 Å². The summed E-state index contributed by atoms with van der Waals surface area (Å²) >= 11 is 0. The van der Waals surface area contributed by atoms with Gasteiger partial charge in [0.1, 0.15) is 0 Å². The van der Waals surface area contributed by atoms with Gasteiger partial charge in [0.15, 0.2) is 11.6 Å². The molecule has 2 aromatic rings. The first kappa shape index (κ1) is 13.2. The van der Waals surface area contributed by atoms with Crippen LogP contribution in [0.2, 0.25) is 0 Å². The highest BCUT2D eigenvalue weighted by atomic mass is 19.2. The van der Waals surface area contributed by atoms with Gasteiger partial charge >= 0.3 is 0 Å². The molecule has 1 heterocycles. The highest BCUT2D eigenvalue weighted by molar-refractivity contribution is 5.25. The van der Waals surface area contributed by atoms with E-state index in [2.05, 4.69) is 10.4 Å². The second kappa shape index (κ2) is 5.32. The lowest BCUT2D eigenvalue weighted by Gasteiger charge is -2.24. The minimum Gasteiger partial charge on any atom is -0.306 e. The Kier molecular flexibility index (Phi) is 3.53. The molecule has 0 fully saturated rings. The van der Waals surface area contributed by atoms with Gasteiger partial charge in [-0.2, -0.15) is 5.10 Å². The molecular formula is C15H17F2N3. The Hall–Kier alpha value is -1.75. The van der Waals surface area contributed by atoms with Crippen molar-refractivity contribution in [1.82, 2.24) is 15.1 Å². The van der Waals surface area contributed by atoms with E-state index in [-0.39, 0.29) is 6.04 Å². The fourth-order valence-electron chi connectivity index (χ4n) is 2.81. The zero-order valence-corrected chi connectivity index (χ0v) is 11.4. The van der Waals surface area contributed by atoms with Crippen LogP contribution in [0.25, 0.3) is 0 Å². The Morgan fingerprint density at radius 3 is 3.00 bits per heavy atom. The fraction of sp³-hybridized carbons (Fsp3) is 0.400. The number of aromatic nitrogens is 2. The number of fused-ring (bicyclic) bond motifs is 1. The number of aryl methyl sites for hydroxylation is 1. The van der Waals surface area contributed by atoms with Gasteiger partial charge in [0.05, 0.1) is 6.20 Å². The van der Waals surface area contributed by atoms with Crippen LogP contribution in [0, 0.1) is 11.6 Å². The average molecular weight is 277 g/mol. The van der Waals surface area contributed by atoms with Crippen LogP contribution in [0.3, 0.4) is 0 Å². The molecule has 3 nitrogen and oxygen atoms in total. The monoisotopic (exact) mass is 277 g/mol. The summed E-state index contributed by atoms with van der Waals surface area (Å²) in [6.07, 6.45) is 5.11. The molecule has 1 unspecified atom stereocenters. The van der Waals surface area contributed by atoms with Crippen molar-refractivity contribution >= 4 is 0 Å². The maximum Gasteiger partial charge on any atom is 0.159 e. The van der Waals surface area contributed by atoms with Gasteiger partial charge < -0.3 is 5.32 Å². The first-order valence-corrected chi connectivity index (χ1v) is 6.83. The maximum absolute atomic E-state index is 13.2. The lowest BCUT2D eigenvalue weighted by molar-refractivity contribution is 0.449. The van der Waals surface area contributed by atoms with E-state index in [4.69, 9.17) is 0 Å². The van der Waals surface area contributed by atoms with Crippen molar-refractivity contribution in [3.05, 3.63) is 52.9 Å². The second-order valence-electron chi connectivity index (χ2n) is 5.24. The highest BCUT2D eigenvalue weighted by Gasteiger charge is 2.22. The summed E-state index contributed by atoms with van der Waals surface area (Å²) in [6.45, 7) is 0.524. The van der Waals surface area contributed by atoms with Crippen molar-refractivity contribution in [1.29, 1.82) is 0 Å². The van der Waals surface area contributed by atoms with Crippen molar-refractivity contribution < 1.29 is 8.78 Å². The van der Waals surface area contributed by atoms with Crippen LogP contribution < -0.4 is 5.32 Å². The van der Waals surface area contributed by atoms with E-state index >= 15 is 0 Å². The molecule has 0 saturated heterocycles. The van der Waals surface area contributed by atoms with Gasteiger partial charge in [0.25, 0.3) is 0 Å². The summed E-state index contributed by atoms with van der Waals surface area (Å²) in [4.78, 5) is 0. The first-order chi connectivity index (χ1) is 9.65. The predicted molar refractivity (Wildman–Crippen MR) is 72.1 cm³/mol. The Balaban J connectivity index is 1.71. The molecule has 0 saturated carbocycles. The largest absolute Gasteiger partial charge is 0.306 e. The SMILES string of the molecule is Cn1ncc2c1CCCC2NCc1ccc(F)c(F)c1. The molecule has 20 heavy (non-hydrogen) atoms. The summed E-state index contributed by atoms with van der Waals surface area (Å²) in [7, 11) is 1.95. The molecule has 0 bridgehead atoms. The molecule has 0 aliphatic heterocycles. The van der Waals surface area contributed by atoms with E-state index in [0.29, 0.717) is 6.54 Å². The molecule has 5 heteroatoms. The van der Waals surface area contributed by atoms with Crippen molar-refractivity contribution in [3.63, 3.8) is 0 Å². The lowest BCUT2D eigenvalue weighted by atomic mass is 9.93. The maximum atomic E-state index is 13.2. The van der Waals surface area contributed by atoms with Crippen LogP contribution in [0.15, 0.2) is 24.4 Å². The summed E-state index contributed by atoms with van der Waals surface area (Å²) in [5, 5.41) is 7.71. The standard InChI is InChI=1S/C15H17F2N3/c1-20-15-4-2-3-14(11(15)9-19-20)18-8-10-5-6-12(16)13(17)7-10/h5-7,9,14,18H,2-4,8H2,1H3. The van der Waals surface area contributed by atoms with Crippen LogP contribution in [-0.2, 0) is 20.0 Å². The van der Waals surface area contributed by atoms with E-state index in [1.54, 1.807) is 6.07 Å². The predicted octanol–water partition coefficient (Wildman–Crippen LogP) is 2.87. The number of hydrogen-bond donors (Lipinski definition) is 1. The molecule has 0 spiro atoms. The number of nitrogens with one attached hydrogen (secondary N) is 1. The van der Waals surface area contributed by atoms with Gasteiger partial charge in [-0.1, -0.05) is 6.07 Å². The Morgan fingerprint density at radius 1 is 1.35 bits per heavy atom. The minimum atomic E-state index is -0.805. The molecule has 1 aliphatic rings. The van der Waals surface area contributed by atoms with Crippen LogP contribution in [0.4, 0.5) is 8.78 Å². The second-order valence-corrected chi connectivity index (χ2v) is 5.24. The third kappa shape index (κ3) is 2.45. The zero-order valence-electron chi connectivity index (χ0n) is 11.4. The Bertz CT molecular complexity index is 622. The van der Waals surface area contributed by atoms with E-state index < -0.39 is 11.6 Å². The third-order valence-electron chi connectivity index (χ3n) is 3.91. The summed E-state index contributed by atoms with van der Waals surface area (Å²) in [6, 6.07) is 4.26. The molecule has 1 N–H and O–H groups in total. The molecule has 1 aliphatic carbocycles. The number of hydrogen-bond acceptors (Lipinski definition) is 2. The molecule has 0 amide bonds. The Morgan fingerprint density at radius 2 is 2.20 bits per heavy atom. The molecule has 0 radical (unpaired) electrons. The number of halogens is 2. The van der Waals surface area contributed by atoms with Crippen LogP contribution in [0.1, 0.15) is 35.7 Å². The van der Waals surface area contributed by atoms with Gasteiger partial charge in [-0.3, -0.25) is 4.68 Å². The summed E-state index contributed by atoms with van der Waals surface area (Å²) in [5.74, 6) is -1.60. The van der Waals surface area contributed by atoms with Crippen molar-refractivity contribution in [3.8, 4) is 0 Å². The molecule has 1 aromatic heterocycles. The van der Waals surface area contributed by atoms with E-state index in [0.717, 1.165) is 24.8 Å². The number of benzene rings is 1. The topological polar surface area (TPSA) is 29.9 Å². The van der Waals surface area contributed by atoms with Crippen LogP contribution >= 0.6 is 0 Å². The third-order valence-corrected chi connectivity index (χ3v) is 3.91. The Labute approximate surface area is 116 Å². The molecule has 1 atom stereocenters. The van der Waals surface area contributed by atoms with Crippen molar-refractivity contribution in [2.45, 2.75) is 31.8 Å². The fourth-order valence-corrected chi connectivity index (χ4v) is 2.81. The summed E-state index contributed by atoms with van der Waals surface area (Å²) in [5.41, 5.74) is 3.24. The summed E-state index contributed by atoms with van der Waals surface area (Å²) < 4.78 is 28.0. The average Bonchev–Trinajstić information content (AvgIpc) is 2.83. The van der Waals surface area contributed by atoms with E-state index in [1.165, 1.54) is 23.4 Å². The number of nitrogens with zero attached hydrogens (tertiary/aromatic N) is 2. The van der Waals surface area contributed by atoms with Crippen LogP contribution in [-0.4, -0.2) is 9.78 Å². The molecular weight excluding hydrogens is 260 g/mol. The van der Waals surface area contributed by atoms with E-state index in [1.807, 2.05) is 17.9 Å². The van der Waals surface area contributed by atoms with Gasteiger partial charge in [0, 0.05) is 30.9 Å². The lowest BCUT2D eigenvalue weighted by Crippen LogP contribution is -2.25. The zero-order chi connectivity index (χ0) is 14.1. The number of rotatable bonds is 3.